The molecule has 0 radical (unpaired) electrons. The highest BCUT2D eigenvalue weighted by Crippen LogP contribution is 2.27. The highest BCUT2D eigenvalue weighted by molar-refractivity contribution is 6.04. The molecule has 32 heavy (non-hydrogen) atoms. The first-order valence-electron chi connectivity index (χ1n) is 11.1. The van der Waals surface area contributed by atoms with E-state index in [1.54, 1.807) is 24.4 Å². The van der Waals surface area contributed by atoms with E-state index < -0.39 is 0 Å². The maximum atomic E-state index is 12.9. The van der Waals surface area contributed by atoms with Crippen LogP contribution in [0, 0.1) is 19.8 Å². The van der Waals surface area contributed by atoms with Crippen LogP contribution in [0.3, 0.4) is 0 Å². The summed E-state index contributed by atoms with van der Waals surface area (Å²) in [6.45, 7) is 4.70. The van der Waals surface area contributed by atoms with E-state index in [-0.39, 0.29) is 5.91 Å². The normalized spacial score (nSPS) is 14.2. The van der Waals surface area contributed by atoms with Gasteiger partial charge in [-0.3, -0.25) is 4.79 Å². The van der Waals surface area contributed by atoms with Crippen molar-refractivity contribution in [1.29, 1.82) is 0 Å². The number of amides is 1. The molecule has 0 aliphatic heterocycles. The van der Waals surface area contributed by atoms with Gasteiger partial charge in [0.2, 0.25) is 0 Å². The number of carbonyl (C=O) groups excluding carboxylic acids is 1. The average molecular weight is 436 g/mol. The molecule has 1 aromatic carbocycles. The molecule has 0 saturated heterocycles. The van der Waals surface area contributed by atoms with Crippen LogP contribution in [0.5, 0.6) is 11.5 Å². The fourth-order valence-corrected chi connectivity index (χ4v) is 3.93. The van der Waals surface area contributed by atoms with E-state index in [9.17, 15) is 4.79 Å². The molecule has 4 rings (SSSR count). The molecule has 1 aliphatic rings. The highest BCUT2D eigenvalue weighted by atomic mass is 16.5. The molecule has 0 unspecified atom stereocenters. The number of ether oxygens (including phenoxy) is 2. The lowest BCUT2D eigenvalue weighted by atomic mass is 9.90. The Hall–Kier alpha value is -3.35. The van der Waals surface area contributed by atoms with Crippen molar-refractivity contribution in [2.45, 2.75) is 52.6 Å². The van der Waals surface area contributed by atoms with Gasteiger partial charge in [0, 0.05) is 11.8 Å². The van der Waals surface area contributed by atoms with E-state index in [0.717, 1.165) is 17.0 Å². The number of carbonyl (C=O) groups is 1. The summed E-state index contributed by atoms with van der Waals surface area (Å²) in [4.78, 5) is 17.2. The topological polar surface area (TPSA) is 86.5 Å². The molecule has 0 bridgehead atoms. The zero-order valence-corrected chi connectivity index (χ0v) is 18.6. The van der Waals surface area contributed by atoms with Gasteiger partial charge in [-0.25, -0.2) is 4.98 Å². The lowest BCUT2D eigenvalue weighted by Gasteiger charge is -2.22. The van der Waals surface area contributed by atoms with Crippen LogP contribution in [0.2, 0.25) is 0 Å². The molecule has 0 spiro atoms. The van der Waals surface area contributed by atoms with E-state index >= 15 is 0 Å². The number of nitrogens with one attached hydrogen (secondary N) is 1. The average Bonchev–Trinajstić information content (AvgIpc) is 3.15. The molecule has 3 aromatic rings. The number of aromatic nitrogens is 2. The predicted octanol–water partition coefficient (Wildman–Crippen LogP) is 5.48. The zero-order valence-electron chi connectivity index (χ0n) is 18.6. The van der Waals surface area contributed by atoms with Crippen molar-refractivity contribution in [3.05, 3.63) is 65.2 Å². The quantitative estimate of drug-likeness (QED) is 0.504. The first-order valence-corrected chi connectivity index (χ1v) is 11.1. The Morgan fingerprint density at radius 3 is 2.75 bits per heavy atom. The van der Waals surface area contributed by atoms with Crippen molar-refractivity contribution in [2.24, 2.45) is 5.92 Å². The second-order valence-electron chi connectivity index (χ2n) is 8.24. The lowest BCUT2D eigenvalue weighted by Crippen LogP contribution is -2.17. The maximum absolute atomic E-state index is 12.9. The van der Waals surface area contributed by atoms with Crippen LogP contribution in [0.4, 0.5) is 5.82 Å². The van der Waals surface area contributed by atoms with Gasteiger partial charge in [0.25, 0.3) is 5.91 Å². The van der Waals surface area contributed by atoms with Gasteiger partial charge in [-0.1, -0.05) is 30.5 Å². The van der Waals surface area contributed by atoms with E-state index in [2.05, 4.69) is 15.5 Å². The molecule has 2 aromatic heterocycles. The van der Waals surface area contributed by atoms with Crippen LogP contribution >= 0.6 is 0 Å². The third-order valence-corrected chi connectivity index (χ3v) is 5.86. The number of rotatable bonds is 8. The van der Waals surface area contributed by atoms with Gasteiger partial charge in [0.15, 0.2) is 11.6 Å². The number of pyridine rings is 1. The minimum atomic E-state index is -0.269. The zero-order chi connectivity index (χ0) is 22.3. The van der Waals surface area contributed by atoms with Crippen LogP contribution in [0.25, 0.3) is 0 Å². The molecule has 2 heterocycles. The summed E-state index contributed by atoms with van der Waals surface area (Å²) < 4.78 is 17.1. The van der Waals surface area contributed by atoms with Crippen LogP contribution in [0.15, 0.2) is 47.1 Å². The number of benzene rings is 1. The molecule has 1 saturated carbocycles. The Kier molecular flexibility index (Phi) is 7.04. The van der Waals surface area contributed by atoms with Gasteiger partial charge in [0.05, 0.1) is 17.9 Å². The Morgan fingerprint density at radius 2 is 1.97 bits per heavy atom. The smallest absolute Gasteiger partial charge is 0.257 e. The maximum Gasteiger partial charge on any atom is 0.257 e. The predicted molar refractivity (Wildman–Crippen MR) is 121 cm³/mol. The van der Waals surface area contributed by atoms with Gasteiger partial charge in [-0.2, -0.15) is 0 Å². The summed E-state index contributed by atoms with van der Waals surface area (Å²) in [6, 6.07) is 10.7. The van der Waals surface area contributed by atoms with E-state index in [1.165, 1.54) is 32.1 Å². The summed E-state index contributed by atoms with van der Waals surface area (Å²) in [5.74, 6) is 2.64. The summed E-state index contributed by atoms with van der Waals surface area (Å²) in [7, 11) is 0. The Morgan fingerprint density at radius 1 is 1.12 bits per heavy atom. The van der Waals surface area contributed by atoms with Gasteiger partial charge in [-0.05, 0) is 62.9 Å². The lowest BCUT2D eigenvalue weighted by molar-refractivity contribution is 0.102. The number of aryl methyl sites for hydroxylation is 2. The minimum absolute atomic E-state index is 0.269. The van der Waals surface area contributed by atoms with E-state index in [4.69, 9.17) is 14.0 Å². The fourth-order valence-electron chi connectivity index (χ4n) is 3.93. The molecule has 7 heteroatoms. The Bertz CT molecular complexity index is 1040. The van der Waals surface area contributed by atoms with E-state index in [1.807, 2.05) is 32.0 Å². The largest absolute Gasteiger partial charge is 0.489 e. The Balaban J connectivity index is 1.39. The van der Waals surface area contributed by atoms with Gasteiger partial charge in [-0.15, -0.1) is 0 Å². The second kappa shape index (κ2) is 10.3. The van der Waals surface area contributed by atoms with Gasteiger partial charge >= 0.3 is 0 Å². The molecule has 168 valence electrons. The standard InChI is InChI=1S/C25H29N3O4/c1-17-22(18(2)32-28-17)16-30-21-11-6-10-20(14-21)25(29)27-24-23(12-7-13-26-24)31-15-19-8-4-3-5-9-19/h6-7,10-14,19H,3-5,8-9,15-16H2,1-2H3,(H,26,27,29). The molecule has 0 atom stereocenters. The monoisotopic (exact) mass is 435 g/mol. The van der Waals surface area contributed by atoms with Crippen molar-refractivity contribution in [1.82, 2.24) is 10.1 Å². The summed E-state index contributed by atoms with van der Waals surface area (Å²) in [5.41, 5.74) is 2.19. The van der Waals surface area contributed by atoms with Crippen molar-refractivity contribution >= 4 is 11.7 Å². The second-order valence-corrected chi connectivity index (χ2v) is 8.24. The first kappa shape index (κ1) is 21.9. The van der Waals surface area contributed by atoms with Crippen molar-refractivity contribution < 1.29 is 18.8 Å². The number of hydrogen-bond acceptors (Lipinski definition) is 6. The minimum Gasteiger partial charge on any atom is -0.489 e. The summed E-state index contributed by atoms with van der Waals surface area (Å²) in [5, 5.41) is 6.81. The van der Waals surface area contributed by atoms with Crippen LogP contribution in [0.1, 0.15) is 59.5 Å². The molecule has 1 fully saturated rings. The number of hydrogen-bond donors (Lipinski definition) is 1. The fraction of sp³-hybridized carbons (Fsp3) is 0.400. The molecule has 7 nitrogen and oxygen atoms in total. The van der Waals surface area contributed by atoms with Crippen molar-refractivity contribution in [3.8, 4) is 11.5 Å². The van der Waals surface area contributed by atoms with Crippen LogP contribution in [-0.2, 0) is 6.61 Å². The third-order valence-electron chi connectivity index (χ3n) is 5.86. The highest BCUT2D eigenvalue weighted by Gasteiger charge is 2.17. The third kappa shape index (κ3) is 5.46. The van der Waals surface area contributed by atoms with Gasteiger partial charge < -0.3 is 19.3 Å². The summed E-state index contributed by atoms with van der Waals surface area (Å²) in [6.07, 6.45) is 7.88. The Labute approximate surface area is 188 Å². The molecular weight excluding hydrogens is 406 g/mol. The summed E-state index contributed by atoms with van der Waals surface area (Å²) >= 11 is 0. The number of anilines is 1. The van der Waals surface area contributed by atoms with Crippen LogP contribution < -0.4 is 14.8 Å². The first-order chi connectivity index (χ1) is 15.6. The molecule has 1 N–H and O–H groups in total. The molecule has 1 amide bonds. The molecular formula is C25H29N3O4. The SMILES string of the molecule is Cc1noc(C)c1COc1cccc(C(=O)Nc2ncccc2OCC2CCCCC2)c1. The van der Waals surface area contributed by atoms with Crippen LogP contribution in [-0.4, -0.2) is 22.7 Å². The van der Waals surface area contributed by atoms with Gasteiger partial charge in [0.1, 0.15) is 18.1 Å². The van der Waals surface area contributed by atoms with Crippen molar-refractivity contribution in [2.75, 3.05) is 11.9 Å². The van der Waals surface area contributed by atoms with Crippen molar-refractivity contribution in [3.63, 3.8) is 0 Å². The van der Waals surface area contributed by atoms with E-state index in [0.29, 0.717) is 42.0 Å². The number of nitrogens with zero attached hydrogens (tertiary/aromatic N) is 2. The molecule has 1 aliphatic carbocycles.